The molecule has 0 saturated heterocycles. The van der Waals surface area contributed by atoms with E-state index in [1.165, 1.54) is 12.1 Å². The van der Waals surface area contributed by atoms with Crippen molar-refractivity contribution in [3.63, 3.8) is 0 Å². The topological polar surface area (TPSA) is 31.2 Å². The van der Waals surface area contributed by atoms with Crippen LogP contribution in [0.25, 0.3) is 10.9 Å². The predicted octanol–water partition coefficient (Wildman–Crippen LogP) is 5.31. The van der Waals surface area contributed by atoms with Crippen molar-refractivity contribution >= 4 is 16.7 Å². The van der Waals surface area contributed by atoms with Gasteiger partial charge < -0.3 is 9.30 Å². The molecule has 0 aliphatic heterocycles. The molecular weight excluding hydrogens is 329 g/mol. The molecule has 1 heterocycles. The van der Waals surface area contributed by atoms with E-state index < -0.39 is 0 Å². The zero-order chi connectivity index (χ0) is 18.7. The van der Waals surface area contributed by atoms with E-state index in [0.29, 0.717) is 29.7 Å². The normalized spacial score (nSPS) is 12.5. The molecule has 3 aromatic rings. The molecule has 3 rings (SSSR count). The molecule has 26 heavy (non-hydrogen) atoms. The third-order valence-corrected chi connectivity index (χ3v) is 4.80. The van der Waals surface area contributed by atoms with Gasteiger partial charge in [-0.05, 0) is 45.4 Å². The first-order valence-electron chi connectivity index (χ1n) is 9.02. The zero-order valence-corrected chi connectivity index (χ0v) is 15.5. The Morgan fingerprint density at radius 3 is 2.62 bits per heavy atom. The third-order valence-electron chi connectivity index (χ3n) is 4.80. The van der Waals surface area contributed by atoms with Crippen LogP contribution in [0.3, 0.4) is 0 Å². The highest BCUT2D eigenvalue weighted by Gasteiger charge is 2.23. The summed E-state index contributed by atoms with van der Waals surface area (Å²) in [5, 5.41) is 0.666. The van der Waals surface area contributed by atoms with Crippen LogP contribution < -0.4 is 0 Å². The monoisotopic (exact) mass is 353 g/mol. The maximum atomic E-state index is 13.9. The van der Waals surface area contributed by atoms with Crippen LogP contribution in [-0.4, -0.2) is 23.6 Å². The number of benzene rings is 2. The molecule has 0 spiro atoms. The highest BCUT2D eigenvalue weighted by Crippen LogP contribution is 2.32. The SMILES string of the molecule is CCOCCC(C)n1c(C)c(C(=O)c2ccccc2)c2cc(F)ccc21. The Kier molecular flexibility index (Phi) is 5.52. The van der Waals surface area contributed by atoms with E-state index in [2.05, 4.69) is 11.5 Å². The van der Waals surface area contributed by atoms with Gasteiger partial charge in [0.2, 0.25) is 0 Å². The molecular formula is C22H24FNO2. The van der Waals surface area contributed by atoms with Gasteiger partial charge >= 0.3 is 0 Å². The van der Waals surface area contributed by atoms with Gasteiger partial charge in [-0.25, -0.2) is 4.39 Å². The van der Waals surface area contributed by atoms with Crippen LogP contribution in [0.1, 0.15) is 47.9 Å². The second-order valence-corrected chi connectivity index (χ2v) is 6.52. The molecule has 2 aromatic carbocycles. The lowest BCUT2D eigenvalue weighted by molar-refractivity contribution is 0.103. The Hall–Kier alpha value is -2.46. The van der Waals surface area contributed by atoms with Crippen molar-refractivity contribution in [1.29, 1.82) is 0 Å². The van der Waals surface area contributed by atoms with Crippen LogP contribution in [0.5, 0.6) is 0 Å². The second kappa shape index (κ2) is 7.83. The maximum Gasteiger partial charge on any atom is 0.195 e. The number of aromatic nitrogens is 1. The molecule has 0 radical (unpaired) electrons. The van der Waals surface area contributed by atoms with Crippen molar-refractivity contribution < 1.29 is 13.9 Å². The molecule has 0 N–H and O–H groups in total. The van der Waals surface area contributed by atoms with Crippen LogP contribution >= 0.6 is 0 Å². The van der Waals surface area contributed by atoms with E-state index in [0.717, 1.165) is 17.6 Å². The van der Waals surface area contributed by atoms with Gasteiger partial charge in [-0.1, -0.05) is 30.3 Å². The number of hydrogen-bond acceptors (Lipinski definition) is 2. The predicted molar refractivity (Wildman–Crippen MR) is 102 cm³/mol. The zero-order valence-electron chi connectivity index (χ0n) is 15.5. The summed E-state index contributed by atoms with van der Waals surface area (Å²) in [6, 6.07) is 14.0. The number of nitrogens with zero attached hydrogens (tertiary/aromatic N) is 1. The fraction of sp³-hybridized carbons (Fsp3) is 0.318. The van der Waals surface area contributed by atoms with Crippen molar-refractivity contribution in [3.8, 4) is 0 Å². The largest absolute Gasteiger partial charge is 0.382 e. The minimum atomic E-state index is -0.335. The summed E-state index contributed by atoms with van der Waals surface area (Å²) in [4.78, 5) is 13.1. The lowest BCUT2D eigenvalue weighted by Crippen LogP contribution is -2.11. The summed E-state index contributed by atoms with van der Waals surface area (Å²) in [6.07, 6.45) is 0.828. The number of carbonyl (C=O) groups excluding carboxylic acids is 1. The maximum absolute atomic E-state index is 13.9. The van der Waals surface area contributed by atoms with Crippen LogP contribution in [0.15, 0.2) is 48.5 Å². The van der Waals surface area contributed by atoms with Gasteiger partial charge in [0.25, 0.3) is 0 Å². The molecule has 0 bridgehead atoms. The molecule has 0 aliphatic carbocycles. The minimum Gasteiger partial charge on any atom is -0.382 e. The summed E-state index contributed by atoms with van der Waals surface area (Å²) < 4.78 is 21.5. The summed E-state index contributed by atoms with van der Waals surface area (Å²) >= 11 is 0. The van der Waals surface area contributed by atoms with Crippen LogP contribution in [0, 0.1) is 12.7 Å². The first kappa shape index (κ1) is 18.3. The second-order valence-electron chi connectivity index (χ2n) is 6.52. The van der Waals surface area contributed by atoms with Gasteiger partial charge in [-0.3, -0.25) is 4.79 Å². The van der Waals surface area contributed by atoms with E-state index in [9.17, 15) is 9.18 Å². The fourth-order valence-electron chi connectivity index (χ4n) is 3.53. The van der Waals surface area contributed by atoms with Gasteiger partial charge in [0.05, 0.1) is 5.56 Å². The lowest BCUT2D eigenvalue weighted by Gasteiger charge is -2.18. The molecule has 3 nitrogen and oxygen atoms in total. The van der Waals surface area contributed by atoms with Gasteiger partial charge in [-0.15, -0.1) is 0 Å². The molecule has 1 aromatic heterocycles. The summed E-state index contributed by atoms with van der Waals surface area (Å²) in [6.45, 7) is 7.35. The lowest BCUT2D eigenvalue weighted by atomic mass is 10.0. The van der Waals surface area contributed by atoms with Gasteiger partial charge in [0.1, 0.15) is 5.82 Å². The Morgan fingerprint density at radius 2 is 1.92 bits per heavy atom. The molecule has 1 atom stereocenters. The molecule has 0 saturated carbocycles. The smallest absolute Gasteiger partial charge is 0.195 e. The Bertz CT molecular complexity index is 915. The Morgan fingerprint density at radius 1 is 1.19 bits per heavy atom. The van der Waals surface area contributed by atoms with E-state index >= 15 is 0 Å². The van der Waals surface area contributed by atoms with Crippen molar-refractivity contribution in [1.82, 2.24) is 4.57 Å². The van der Waals surface area contributed by atoms with Crippen LogP contribution in [0.4, 0.5) is 4.39 Å². The highest BCUT2D eigenvalue weighted by molar-refractivity contribution is 6.17. The number of halogens is 1. The van der Waals surface area contributed by atoms with Crippen molar-refractivity contribution in [2.75, 3.05) is 13.2 Å². The molecule has 0 amide bonds. The number of ketones is 1. The first-order chi connectivity index (χ1) is 12.5. The number of carbonyl (C=O) groups is 1. The number of rotatable bonds is 7. The highest BCUT2D eigenvalue weighted by atomic mass is 19.1. The van der Waals surface area contributed by atoms with Gasteiger partial charge in [0, 0.05) is 41.4 Å². The summed E-state index contributed by atoms with van der Waals surface area (Å²) in [5.74, 6) is -0.409. The van der Waals surface area contributed by atoms with E-state index in [1.807, 2.05) is 32.0 Å². The summed E-state index contributed by atoms with van der Waals surface area (Å²) in [7, 11) is 0. The van der Waals surface area contributed by atoms with Gasteiger partial charge in [-0.2, -0.15) is 0 Å². The number of ether oxygens (including phenoxy) is 1. The molecule has 0 fully saturated rings. The van der Waals surface area contributed by atoms with Crippen molar-refractivity contribution in [3.05, 3.63) is 71.2 Å². The first-order valence-corrected chi connectivity index (χ1v) is 9.02. The van der Waals surface area contributed by atoms with E-state index in [1.54, 1.807) is 18.2 Å². The number of fused-ring (bicyclic) bond motifs is 1. The fourth-order valence-corrected chi connectivity index (χ4v) is 3.53. The molecule has 1 unspecified atom stereocenters. The standard InChI is InChI=1S/C22H24FNO2/c1-4-26-13-12-15(2)24-16(3)21(19-14-18(23)10-11-20(19)24)22(25)17-8-6-5-7-9-17/h5-11,14-15H,4,12-13H2,1-3H3. The minimum absolute atomic E-state index is 0.0746. The third kappa shape index (κ3) is 3.42. The summed E-state index contributed by atoms with van der Waals surface area (Å²) in [5.41, 5.74) is 2.94. The van der Waals surface area contributed by atoms with Gasteiger partial charge in [0.15, 0.2) is 5.78 Å². The molecule has 0 aliphatic rings. The van der Waals surface area contributed by atoms with Crippen LogP contribution in [0.2, 0.25) is 0 Å². The Balaban J connectivity index is 2.12. The average Bonchev–Trinajstić information content (AvgIpc) is 2.93. The quantitative estimate of drug-likeness (QED) is 0.426. The van der Waals surface area contributed by atoms with Crippen molar-refractivity contribution in [2.24, 2.45) is 0 Å². The number of hydrogen-bond donors (Lipinski definition) is 0. The average molecular weight is 353 g/mol. The molecule has 136 valence electrons. The van der Waals surface area contributed by atoms with Crippen LogP contribution in [-0.2, 0) is 4.74 Å². The molecule has 4 heteroatoms. The Labute approximate surface area is 153 Å². The van der Waals surface area contributed by atoms with E-state index in [4.69, 9.17) is 4.74 Å². The van der Waals surface area contributed by atoms with E-state index in [-0.39, 0.29) is 17.6 Å². The van der Waals surface area contributed by atoms with Crippen molar-refractivity contribution in [2.45, 2.75) is 33.2 Å².